The molecule has 9 aromatic rings. The molecule has 4 saturated heterocycles. The number of hydrogen-bond acceptors (Lipinski definition) is 28. The molecule has 0 saturated carbocycles. The molecular formula is C73H101N27O12. The van der Waals surface area contributed by atoms with Crippen LogP contribution in [0.4, 0.5) is 78.7 Å². The number of amides is 5. The minimum Gasteiger partial charge on any atom is -0.476 e. The number of nitrogen functional groups attached to an aromatic ring is 4. The fraction of sp³-hybridized carbons (Fsp3) is 0.384. The van der Waals surface area contributed by atoms with Crippen molar-refractivity contribution in [2.24, 2.45) is 0 Å². The number of nitrogens with zero attached hydrogens (tertiary/aromatic N) is 9. The highest BCUT2D eigenvalue weighted by Gasteiger charge is 2.24. The monoisotopic (exact) mass is 1550 g/mol. The third-order valence-corrected chi connectivity index (χ3v) is 17.5. The van der Waals surface area contributed by atoms with Gasteiger partial charge in [0.05, 0.1) is 158 Å². The zero-order chi connectivity index (χ0) is 80.1. The lowest BCUT2D eigenvalue weighted by atomic mass is 10.1. The van der Waals surface area contributed by atoms with Gasteiger partial charge < -0.3 is 94.3 Å². The summed E-state index contributed by atoms with van der Waals surface area (Å²) in [6, 6.07) is 22.8. The summed E-state index contributed by atoms with van der Waals surface area (Å²) in [6.45, 7) is 21.8. The van der Waals surface area contributed by atoms with E-state index in [0.29, 0.717) is 91.0 Å². The van der Waals surface area contributed by atoms with Crippen LogP contribution in [0.3, 0.4) is 0 Å². The summed E-state index contributed by atoms with van der Waals surface area (Å²) in [5.74, 6) is -2.35. The number of benzene rings is 4. The largest absolute Gasteiger partial charge is 0.476 e. The second kappa shape index (κ2) is 41.4. The van der Waals surface area contributed by atoms with Crippen molar-refractivity contribution in [3.63, 3.8) is 0 Å². The molecular weight excluding hydrogens is 1450 g/mol. The molecule has 0 spiro atoms. The average Bonchev–Trinajstić information content (AvgIpc) is 1.82. The van der Waals surface area contributed by atoms with Crippen LogP contribution >= 0.6 is 0 Å². The van der Waals surface area contributed by atoms with E-state index in [9.17, 15) is 28.8 Å². The summed E-state index contributed by atoms with van der Waals surface area (Å²) in [7, 11) is 6.94. The first kappa shape index (κ1) is 83.7. The lowest BCUT2D eigenvalue weighted by Gasteiger charge is -2.26. The second-order valence-electron chi connectivity index (χ2n) is 26.8. The summed E-state index contributed by atoms with van der Waals surface area (Å²) in [5, 5.41) is 66.0. The Hall–Kier alpha value is -12.4. The van der Waals surface area contributed by atoms with Crippen molar-refractivity contribution >= 4 is 110 Å². The number of carbonyl (C=O) groups excluding carboxylic acids is 5. The predicted octanol–water partition coefficient (Wildman–Crippen LogP) is 5.93. The molecule has 600 valence electrons. The topological polar surface area (TPSA) is 538 Å². The van der Waals surface area contributed by atoms with E-state index in [2.05, 4.69) is 118 Å². The summed E-state index contributed by atoms with van der Waals surface area (Å²) in [5.41, 5.74) is 36.4. The van der Waals surface area contributed by atoms with Crippen molar-refractivity contribution in [3.05, 3.63) is 155 Å². The molecule has 5 amide bonds. The summed E-state index contributed by atoms with van der Waals surface area (Å²) in [4.78, 5) is 80.7. The summed E-state index contributed by atoms with van der Waals surface area (Å²) in [6.07, 6.45) is 6.72. The number of morpholine rings is 4. The number of aromatic amines is 5. The quantitative estimate of drug-likeness (QED) is 0.0350. The molecule has 4 aliphatic rings. The van der Waals surface area contributed by atoms with Gasteiger partial charge in [0.15, 0.2) is 5.69 Å². The van der Waals surface area contributed by atoms with Crippen molar-refractivity contribution in [1.82, 2.24) is 70.6 Å². The molecule has 4 fully saturated rings. The first-order chi connectivity index (χ1) is 54.0. The summed E-state index contributed by atoms with van der Waals surface area (Å²) < 4.78 is 26.4. The number of carboxylic acid groups (broad SMARTS) is 1. The van der Waals surface area contributed by atoms with Gasteiger partial charge in [-0.05, 0) is 91.6 Å². The maximum Gasteiger partial charge on any atom is 0.412 e. The van der Waals surface area contributed by atoms with Crippen molar-refractivity contribution in [2.45, 2.75) is 52.6 Å². The lowest BCUT2D eigenvalue weighted by molar-refractivity contribution is 0.0341. The Bertz CT molecular complexity index is 4300. The number of nitrogens with one attached hydrogen (secondary N) is 14. The van der Waals surface area contributed by atoms with Crippen LogP contribution in [-0.4, -0.2) is 250 Å². The molecule has 4 aliphatic heterocycles. The molecule has 23 N–H and O–H groups in total. The van der Waals surface area contributed by atoms with Crippen LogP contribution in [0, 0.1) is 0 Å². The molecule has 0 radical (unpaired) electrons. The Balaban J connectivity index is 0.000000162. The third-order valence-electron chi connectivity index (χ3n) is 17.5. The highest BCUT2D eigenvalue weighted by atomic mass is 16.6. The maximum absolute atomic E-state index is 12.4. The first-order valence-corrected chi connectivity index (χ1v) is 36.1. The van der Waals surface area contributed by atoms with Gasteiger partial charge in [0, 0.05) is 107 Å². The molecule has 0 unspecified atom stereocenters. The molecule has 13 rings (SSSR count). The molecule has 4 aromatic carbocycles. The first-order valence-electron chi connectivity index (χ1n) is 36.1. The number of aromatic nitrogens is 10. The van der Waals surface area contributed by atoms with Gasteiger partial charge in [-0.25, -0.2) is 9.59 Å². The molecule has 0 bridgehead atoms. The minimum absolute atomic E-state index is 0.0711. The highest BCUT2D eigenvalue weighted by Crippen LogP contribution is 2.28. The zero-order valence-corrected chi connectivity index (χ0v) is 63.7. The Kier molecular flexibility index (Phi) is 31.0. The van der Waals surface area contributed by atoms with Gasteiger partial charge in [0.25, 0.3) is 23.6 Å². The number of aromatic carboxylic acids is 1. The number of ether oxygens (including phenoxy) is 5. The maximum atomic E-state index is 12.4. The van der Waals surface area contributed by atoms with Crippen molar-refractivity contribution in [1.29, 1.82) is 0 Å². The van der Waals surface area contributed by atoms with Gasteiger partial charge >= 0.3 is 12.1 Å². The van der Waals surface area contributed by atoms with Gasteiger partial charge in [-0.1, -0.05) is 24.3 Å². The van der Waals surface area contributed by atoms with E-state index in [1.54, 1.807) is 73.7 Å². The smallest absolute Gasteiger partial charge is 0.412 e. The fourth-order valence-electron chi connectivity index (χ4n) is 11.6. The fourth-order valence-corrected chi connectivity index (χ4v) is 11.6. The zero-order valence-electron chi connectivity index (χ0n) is 63.7. The Morgan fingerprint density at radius 2 is 0.643 bits per heavy atom. The van der Waals surface area contributed by atoms with Crippen molar-refractivity contribution in [2.75, 3.05) is 204 Å². The van der Waals surface area contributed by atoms with E-state index in [1.807, 2.05) is 72.8 Å². The number of rotatable bonds is 22. The molecule has 39 nitrogen and oxygen atoms in total. The molecule has 9 heterocycles. The Morgan fingerprint density at radius 3 is 0.920 bits per heavy atom. The van der Waals surface area contributed by atoms with Crippen LogP contribution in [-0.2, 0) is 49.9 Å². The molecule has 5 aromatic heterocycles. The van der Waals surface area contributed by atoms with Gasteiger partial charge in [-0.3, -0.25) is 69.6 Å². The molecule has 0 aliphatic carbocycles. The average molecular weight is 1550 g/mol. The van der Waals surface area contributed by atoms with Crippen LogP contribution in [0.25, 0.3) is 0 Å². The van der Waals surface area contributed by atoms with Gasteiger partial charge in [0.1, 0.15) is 28.4 Å². The van der Waals surface area contributed by atoms with E-state index < -0.39 is 17.7 Å². The van der Waals surface area contributed by atoms with E-state index in [1.165, 1.54) is 6.20 Å². The molecule has 0 atom stereocenters. The predicted molar refractivity (Wildman–Crippen MR) is 428 cm³/mol. The normalized spacial score (nSPS) is 14.6. The van der Waals surface area contributed by atoms with Crippen LogP contribution in [0.5, 0.6) is 0 Å². The van der Waals surface area contributed by atoms with Crippen molar-refractivity contribution < 1.29 is 57.6 Å². The Morgan fingerprint density at radius 1 is 0.375 bits per heavy atom. The SMILES string of the molecule is CC(C)(C)OC(=O)Nc1cn[nH]c1C(=O)O.CNc1cn[nH]c1C(=O)Nc1cc(CN2CCOCC2)ccc1N.CNc1cn[nH]c1C(=O)Nc1cc(CN2CCOCC2)ccc1N.CNc1cn[nH]c1C(=O)Nc1ccc(CN2CCOCC2)cc1N.CNc1cn[nH]c1C(=O)Nc1ccc(CN2CCOCC2)cc1N. The number of carbonyl (C=O) groups is 6. The molecule has 39 heteroatoms. The minimum atomic E-state index is -1.21. The number of H-pyrrole nitrogens is 5. The van der Waals surface area contributed by atoms with E-state index in [0.717, 1.165) is 154 Å². The standard InChI is InChI=1S/4C16H22N6O2.C9H13N3O4/c2*1-18-14-9-19-21-15(14)16(23)20-13-3-2-11(8-12(13)17)10-22-4-6-24-7-5-22;2*1-18-14-9-19-21-15(14)16(23)20-13-8-11(2-3-12(13)17)10-22-4-6-24-7-5-22;1-9(2,3)16-8(15)11-5-4-10-12-6(5)7(13)14/h4*2-3,8-9,18H,4-7,10,17H2,1H3,(H,19,21)(H,20,23);4H,1-3H3,(H,10,12)(H,11,15)(H,13,14). The van der Waals surface area contributed by atoms with Crippen LogP contribution < -0.4 is 70.8 Å². The number of hydrogen-bond donors (Lipinski definition) is 19. The lowest BCUT2D eigenvalue weighted by Crippen LogP contribution is -2.35. The van der Waals surface area contributed by atoms with Gasteiger partial charge in [-0.15, -0.1) is 0 Å². The van der Waals surface area contributed by atoms with Gasteiger partial charge in [-0.2, -0.15) is 25.5 Å². The van der Waals surface area contributed by atoms with Crippen LogP contribution in [0.2, 0.25) is 0 Å². The van der Waals surface area contributed by atoms with E-state index >= 15 is 0 Å². The molecule has 112 heavy (non-hydrogen) atoms. The third kappa shape index (κ3) is 25.1. The summed E-state index contributed by atoms with van der Waals surface area (Å²) >= 11 is 0. The van der Waals surface area contributed by atoms with E-state index in [4.69, 9.17) is 51.7 Å². The van der Waals surface area contributed by atoms with Crippen molar-refractivity contribution in [3.8, 4) is 0 Å². The van der Waals surface area contributed by atoms with Crippen LogP contribution in [0.15, 0.2) is 104 Å². The van der Waals surface area contributed by atoms with E-state index in [-0.39, 0.29) is 35.0 Å². The van der Waals surface area contributed by atoms with Crippen LogP contribution in [0.1, 0.15) is 95.5 Å². The number of nitrogens with two attached hydrogens (primary N) is 4. The number of carboxylic acids is 1. The second-order valence-corrected chi connectivity index (χ2v) is 26.8. The number of anilines is 13. The Labute approximate surface area is 646 Å². The van der Waals surface area contributed by atoms with Gasteiger partial charge in [0.2, 0.25) is 0 Å². The highest BCUT2D eigenvalue weighted by molar-refractivity contribution is 6.10.